The molecule has 1 saturated heterocycles. The van der Waals surface area contributed by atoms with Crippen LogP contribution in [0.1, 0.15) is 41.8 Å². The van der Waals surface area contributed by atoms with E-state index in [4.69, 9.17) is 11.6 Å². The van der Waals surface area contributed by atoms with Gasteiger partial charge in [0.25, 0.3) is 0 Å². The third-order valence-electron chi connectivity index (χ3n) is 6.34. The first-order valence-electron chi connectivity index (χ1n) is 11.3. The van der Waals surface area contributed by atoms with E-state index in [9.17, 15) is 4.79 Å². The van der Waals surface area contributed by atoms with E-state index in [1.54, 1.807) is 4.90 Å². The summed E-state index contributed by atoms with van der Waals surface area (Å²) in [6.07, 6.45) is 4.21. The molecule has 0 N–H and O–H groups in total. The molecule has 0 atom stereocenters. The number of anilines is 1. The van der Waals surface area contributed by atoms with E-state index in [-0.39, 0.29) is 5.91 Å². The van der Waals surface area contributed by atoms with Crippen molar-refractivity contribution in [3.63, 3.8) is 0 Å². The number of benzene rings is 2. The zero-order valence-corrected chi connectivity index (χ0v) is 19.9. The van der Waals surface area contributed by atoms with Crippen molar-refractivity contribution in [2.75, 3.05) is 25.0 Å². The van der Waals surface area contributed by atoms with Crippen LogP contribution in [-0.4, -0.2) is 40.7 Å². The summed E-state index contributed by atoms with van der Waals surface area (Å²) in [5.74, 6) is 0.0898. The Kier molecular flexibility index (Phi) is 6.85. The van der Waals surface area contributed by atoms with Gasteiger partial charge in [-0.15, -0.1) is 0 Å². The van der Waals surface area contributed by atoms with Crippen LogP contribution in [0.3, 0.4) is 0 Å². The third-order valence-corrected chi connectivity index (χ3v) is 6.60. The van der Waals surface area contributed by atoms with Gasteiger partial charge >= 0.3 is 0 Å². The van der Waals surface area contributed by atoms with E-state index in [0.717, 1.165) is 41.3 Å². The van der Waals surface area contributed by atoms with Crippen molar-refractivity contribution in [1.82, 2.24) is 14.7 Å². The number of likely N-dealkylation sites (N-methyl/N-ethyl adjacent to an activating group) is 1. The van der Waals surface area contributed by atoms with Gasteiger partial charge in [0.15, 0.2) is 0 Å². The fraction of sp³-hybridized carbons (Fsp3) is 0.385. The lowest BCUT2D eigenvalue weighted by molar-refractivity contribution is -0.129. The number of hydrogen-bond acceptors (Lipinski definition) is 3. The van der Waals surface area contributed by atoms with E-state index >= 15 is 0 Å². The number of nitrogens with zero attached hydrogens (tertiary/aromatic N) is 4. The summed E-state index contributed by atoms with van der Waals surface area (Å²) in [5, 5.41) is 5.35. The van der Waals surface area contributed by atoms with E-state index in [1.165, 1.54) is 24.9 Å². The Labute approximate surface area is 195 Å². The van der Waals surface area contributed by atoms with Gasteiger partial charge in [-0.05, 0) is 75.1 Å². The molecule has 0 saturated carbocycles. The van der Waals surface area contributed by atoms with Gasteiger partial charge in [0.1, 0.15) is 0 Å². The maximum atomic E-state index is 13.0. The van der Waals surface area contributed by atoms with Gasteiger partial charge in [0, 0.05) is 48.6 Å². The number of piperidine rings is 1. The number of carbonyl (C=O) groups excluding carboxylic acids is 1. The molecule has 0 unspecified atom stereocenters. The summed E-state index contributed by atoms with van der Waals surface area (Å²) in [6.45, 7) is 6.85. The van der Waals surface area contributed by atoms with E-state index in [0.29, 0.717) is 18.0 Å². The minimum atomic E-state index is 0.0898. The number of halogens is 1. The Morgan fingerprint density at radius 2 is 1.59 bits per heavy atom. The van der Waals surface area contributed by atoms with Crippen LogP contribution in [-0.2, 0) is 17.8 Å². The van der Waals surface area contributed by atoms with Crippen molar-refractivity contribution < 1.29 is 4.79 Å². The van der Waals surface area contributed by atoms with Crippen LogP contribution in [0.15, 0.2) is 48.5 Å². The molecule has 1 aliphatic heterocycles. The second-order valence-electron chi connectivity index (χ2n) is 8.68. The second-order valence-corrected chi connectivity index (χ2v) is 9.11. The molecule has 1 aliphatic rings. The minimum absolute atomic E-state index is 0.0898. The van der Waals surface area contributed by atoms with E-state index < -0.39 is 0 Å². The monoisotopic (exact) mass is 450 g/mol. The molecule has 168 valence electrons. The molecule has 1 aromatic heterocycles. The topological polar surface area (TPSA) is 41.4 Å². The molecular weight excluding hydrogens is 420 g/mol. The van der Waals surface area contributed by atoms with Gasteiger partial charge in [0.2, 0.25) is 5.91 Å². The Bertz CT molecular complexity index is 1070. The fourth-order valence-corrected chi connectivity index (χ4v) is 4.50. The van der Waals surface area contributed by atoms with Crippen LogP contribution >= 0.6 is 11.6 Å². The molecule has 0 aliphatic carbocycles. The zero-order valence-electron chi connectivity index (χ0n) is 19.1. The molecule has 2 aromatic carbocycles. The number of rotatable bonds is 6. The first-order valence-corrected chi connectivity index (χ1v) is 11.7. The van der Waals surface area contributed by atoms with Crippen LogP contribution in [0.2, 0.25) is 5.02 Å². The van der Waals surface area contributed by atoms with Crippen LogP contribution in [0.4, 0.5) is 5.69 Å². The third kappa shape index (κ3) is 4.99. The molecule has 3 aromatic rings. The Balaban J connectivity index is 1.41. The largest absolute Gasteiger partial charge is 0.372 e. The summed E-state index contributed by atoms with van der Waals surface area (Å²) in [5.41, 5.74) is 6.21. The normalized spacial score (nSPS) is 13.9. The molecule has 4 rings (SSSR count). The average molecular weight is 451 g/mol. The molecule has 32 heavy (non-hydrogen) atoms. The molecule has 5 nitrogen and oxygen atoms in total. The van der Waals surface area contributed by atoms with Crippen molar-refractivity contribution >= 4 is 23.2 Å². The average Bonchev–Trinajstić information content (AvgIpc) is 3.09. The smallest absolute Gasteiger partial charge is 0.227 e. The van der Waals surface area contributed by atoms with Crippen LogP contribution in [0, 0.1) is 13.8 Å². The second kappa shape index (κ2) is 9.78. The maximum Gasteiger partial charge on any atom is 0.227 e. The van der Waals surface area contributed by atoms with Crippen LogP contribution in [0.25, 0.3) is 5.69 Å². The highest BCUT2D eigenvalue weighted by Crippen LogP contribution is 2.22. The van der Waals surface area contributed by atoms with E-state index in [1.807, 2.05) is 49.8 Å². The van der Waals surface area contributed by atoms with Crippen LogP contribution < -0.4 is 4.90 Å². The van der Waals surface area contributed by atoms with Gasteiger partial charge in [-0.2, -0.15) is 5.10 Å². The maximum absolute atomic E-state index is 13.0. The lowest BCUT2D eigenvalue weighted by Crippen LogP contribution is -2.29. The summed E-state index contributed by atoms with van der Waals surface area (Å²) in [6, 6.07) is 16.2. The first-order chi connectivity index (χ1) is 15.4. The van der Waals surface area contributed by atoms with Crippen molar-refractivity contribution in [2.45, 2.75) is 46.1 Å². The molecule has 6 heteroatoms. The highest BCUT2D eigenvalue weighted by atomic mass is 35.5. The summed E-state index contributed by atoms with van der Waals surface area (Å²) in [7, 11) is 1.87. The standard InChI is InChI=1S/C26H31ClN4O/c1-19-25(20(2)31(28-19)24-13-9-22(27)10-14-24)17-26(32)29(3)18-21-7-11-23(12-8-21)30-15-5-4-6-16-30/h7-14H,4-6,15-18H2,1-3H3. The van der Waals surface area contributed by atoms with Crippen molar-refractivity contribution in [2.24, 2.45) is 0 Å². The van der Waals surface area contributed by atoms with Crippen LogP contribution in [0.5, 0.6) is 0 Å². The summed E-state index contributed by atoms with van der Waals surface area (Å²) in [4.78, 5) is 17.2. The molecule has 2 heterocycles. The number of aromatic nitrogens is 2. The molecule has 1 fully saturated rings. The lowest BCUT2D eigenvalue weighted by atomic mass is 10.1. The highest BCUT2D eigenvalue weighted by molar-refractivity contribution is 6.30. The first kappa shape index (κ1) is 22.4. The quantitative estimate of drug-likeness (QED) is 0.509. The number of hydrogen-bond donors (Lipinski definition) is 0. The number of carbonyl (C=O) groups is 1. The predicted octanol–water partition coefficient (Wildman–Crippen LogP) is 5.33. The molecule has 0 bridgehead atoms. The fourth-order valence-electron chi connectivity index (χ4n) is 4.38. The number of aryl methyl sites for hydroxylation is 1. The van der Waals surface area contributed by atoms with Gasteiger partial charge < -0.3 is 9.80 Å². The van der Waals surface area contributed by atoms with Gasteiger partial charge in [-0.3, -0.25) is 4.79 Å². The summed E-state index contributed by atoms with van der Waals surface area (Å²) < 4.78 is 1.88. The highest BCUT2D eigenvalue weighted by Gasteiger charge is 2.19. The van der Waals surface area contributed by atoms with Gasteiger partial charge in [0.05, 0.1) is 17.8 Å². The Morgan fingerprint density at radius 3 is 2.25 bits per heavy atom. The molecule has 1 amide bonds. The Morgan fingerprint density at radius 1 is 0.969 bits per heavy atom. The van der Waals surface area contributed by atoms with Crippen molar-refractivity contribution in [1.29, 1.82) is 0 Å². The Hall–Kier alpha value is -2.79. The summed E-state index contributed by atoms with van der Waals surface area (Å²) >= 11 is 6.01. The molecule has 0 radical (unpaired) electrons. The van der Waals surface area contributed by atoms with Crippen molar-refractivity contribution in [3.05, 3.63) is 76.1 Å². The predicted molar refractivity (Wildman–Crippen MR) is 131 cm³/mol. The SMILES string of the molecule is Cc1nn(-c2ccc(Cl)cc2)c(C)c1CC(=O)N(C)Cc1ccc(N2CCCCC2)cc1. The number of amides is 1. The molecule has 0 spiro atoms. The lowest BCUT2D eigenvalue weighted by Gasteiger charge is -2.29. The molecular formula is C26H31ClN4O. The van der Waals surface area contributed by atoms with Gasteiger partial charge in [-0.1, -0.05) is 23.7 Å². The van der Waals surface area contributed by atoms with Gasteiger partial charge in [-0.25, -0.2) is 4.68 Å². The minimum Gasteiger partial charge on any atom is -0.372 e. The van der Waals surface area contributed by atoms with E-state index in [2.05, 4.69) is 34.3 Å². The zero-order chi connectivity index (χ0) is 22.7. The van der Waals surface area contributed by atoms with Crippen molar-refractivity contribution in [3.8, 4) is 5.69 Å².